The van der Waals surface area contributed by atoms with Crippen molar-refractivity contribution in [3.8, 4) is 0 Å². The molecule has 0 aliphatic heterocycles. The van der Waals surface area contributed by atoms with E-state index in [-0.39, 0.29) is 17.6 Å². The number of urea groups is 1. The molecule has 0 unspecified atom stereocenters. The molecule has 0 spiro atoms. The van der Waals surface area contributed by atoms with Crippen molar-refractivity contribution in [1.29, 1.82) is 0 Å². The Kier molecular flexibility index (Phi) is 10.0. The zero-order valence-electron chi connectivity index (χ0n) is 21.5. The summed E-state index contributed by atoms with van der Waals surface area (Å²) in [7, 11) is 1.84. The van der Waals surface area contributed by atoms with Gasteiger partial charge in [-0.3, -0.25) is 14.6 Å². The van der Waals surface area contributed by atoms with Crippen LogP contribution >= 0.6 is 0 Å². The number of hydrogen-bond acceptors (Lipinski definition) is 5. The second kappa shape index (κ2) is 13.6. The number of nitrogens with one attached hydrogen (secondary N) is 4. The summed E-state index contributed by atoms with van der Waals surface area (Å²) in [5, 5.41) is 11.5. The number of aromatic nitrogens is 1. The minimum atomic E-state index is -0.396. The fraction of sp³-hybridized carbons (Fsp3) is 0.286. The molecule has 37 heavy (non-hydrogen) atoms. The van der Waals surface area contributed by atoms with Crippen LogP contribution in [0.5, 0.6) is 0 Å². The van der Waals surface area contributed by atoms with Gasteiger partial charge in [0.1, 0.15) is 5.69 Å². The Labute approximate surface area is 217 Å². The lowest BCUT2D eigenvalue weighted by Crippen LogP contribution is -2.35. The summed E-state index contributed by atoms with van der Waals surface area (Å²) in [4.78, 5) is 43.3. The van der Waals surface area contributed by atoms with E-state index in [1.165, 1.54) is 6.92 Å². The molecule has 0 bridgehead atoms. The van der Waals surface area contributed by atoms with Crippen LogP contribution in [0.15, 0.2) is 66.9 Å². The van der Waals surface area contributed by atoms with Gasteiger partial charge in [0.05, 0.1) is 11.4 Å². The van der Waals surface area contributed by atoms with E-state index in [4.69, 9.17) is 0 Å². The highest BCUT2D eigenvalue weighted by Gasteiger charge is 2.16. The average molecular weight is 503 g/mol. The number of carbonyl (C=O) groups excluding carboxylic acids is 3. The van der Waals surface area contributed by atoms with E-state index in [9.17, 15) is 14.4 Å². The van der Waals surface area contributed by atoms with Gasteiger partial charge in [-0.2, -0.15) is 0 Å². The monoisotopic (exact) mass is 502 g/mol. The van der Waals surface area contributed by atoms with E-state index in [0.717, 1.165) is 30.5 Å². The zero-order valence-corrected chi connectivity index (χ0v) is 21.5. The summed E-state index contributed by atoms with van der Waals surface area (Å²) < 4.78 is 0. The Bertz CT molecular complexity index is 1200. The first-order valence-corrected chi connectivity index (χ1v) is 12.4. The van der Waals surface area contributed by atoms with Crippen LogP contribution in [0, 0.1) is 0 Å². The molecule has 1 heterocycles. The van der Waals surface area contributed by atoms with E-state index >= 15 is 0 Å². The Morgan fingerprint density at radius 2 is 1.51 bits per heavy atom. The maximum atomic E-state index is 13.0. The van der Waals surface area contributed by atoms with Crippen molar-refractivity contribution < 1.29 is 14.4 Å². The van der Waals surface area contributed by atoms with Crippen LogP contribution in [-0.4, -0.2) is 41.3 Å². The van der Waals surface area contributed by atoms with Crippen LogP contribution in [-0.2, 0) is 11.3 Å². The number of para-hydroxylation sites is 2. The number of anilines is 4. The lowest BCUT2D eigenvalue weighted by molar-refractivity contribution is -0.114. The average Bonchev–Trinajstić information content (AvgIpc) is 2.90. The van der Waals surface area contributed by atoms with Gasteiger partial charge < -0.3 is 26.2 Å². The molecule has 3 rings (SSSR count). The molecule has 1 aromatic heterocycles. The fourth-order valence-corrected chi connectivity index (χ4v) is 3.68. The number of nitrogens with zero attached hydrogens (tertiary/aromatic N) is 2. The summed E-state index contributed by atoms with van der Waals surface area (Å²) >= 11 is 0. The minimum Gasteiger partial charge on any atom is -0.388 e. The molecule has 2 aromatic carbocycles. The molecule has 0 radical (unpaired) electrons. The van der Waals surface area contributed by atoms with Crippen LogP contribution in [0.1, 0.15) is 49.2 Å². The normalized spacial score (nSPS) is 10.4. The molecule has 0 saturated heterocycles. The summed E-state index contributed by atoms with van der Waals surface area (Å²) in [6, 6.07) is 17.7. The first kappa shape index (κ1) is 27.2. The van der Waals surface area contributed by atoms with Crippen molar-refractivity contribution in [3.05, 3.63) is 78.1 Å². The smallest absolute Gasteiger partial charge is 0.322 e. The SMILES string of the molecule is CCCCCN(Cc1ccc(C(=O)Nc2ccccc2NC(C)=O)nc1)C(=O)Nc1ccc(NC)cc1. The molecular weight excluding hydrogens is 468 g/mol. The standard InChI is InChI=1S/C28H34N6O3/c1-4-5-8-17-34(28(37)32-23-14-12-22(29-3)13-15-23)19-21-11-16-26(30-18-21)27(36)33-25-10-7-6-9-24(25)31-20(2)35/h6-7,9-16,18,29H,4-5,8,17,19H2,1-3H3,(H,31,35)(H,32,37)(H,33,36). The van der Waals surface area contributed by atoms with Gasteiger partial charge in [0.15, 0.2) is 0 Å². The second-order valence-corrected chi connectivity index (χ2v) is 8.62. The lowest BCUT2D eigenvalue weighted by atomic mass is 10.2. The predicted octanol–water partition coefficient (Wildman–Crippen LogP) is 5.56. The predicted molar refractivity (Wildman–Crippen MR) is 148 cm³/mol. The van der Waals surface area contributed by atoms with Crippen LogP contribution in [0.2, 0.25) is 0 Å². The Hall–Kier alpha value is -4.40. The molecule has 0 saturated carbocycles. The molecule has 0 fully saturated rings. The number of amides is 4. The molecule has 194 valence electrons. The van der Waals surface area contributed by atoms with Crippen molar-refractivity contribution in [2.24, 2.45) is 0 Å². The molecule has 0 atom stereocenters. The van der Waals surface area contributed by atoms with Gasteiger partial charge in [-0.05, 0) is 54.4 Å². The summed E-state index contributed by atoms with van der Waals surface area (Å²) in [6.07, 6.45) is 4.58. The van der Waals surface area contributed by atoms with Gasteiger partial charge in [-0.25, -0.2) is 4.79 Å². The fourth-order valence-electron chi connectivity index (χ4n) is 3.68. The number of benzene rings is 2. The van der Waals surface area contributed by atoms with Crippen LogP contribution in [0.4, 0.5) is 27.5 Å². The van der Waals surface area contributed by atoms with Gasteiger partial charge >= 0.3 is 6.03 Å². The van der Waals surface area contributed by atoms with Gasteiger partial charge in [-0.15, -0.1) is 0 Å². The quantitative estimate of drug-likeness (QED) is 0.256. The molecule has 9 heteroatoms. The summed E-state index contributed by atoms with van der Waals surface area (Å²) in [5.41, 5.74) is 3.71. The van der Waals surface area contributed by atoms with E-state index < -0.39 is 5.91 Å². The maximum Gasteiger partial charge on any atom is 0.322 e. The van der Waals surface area contributed by atoms with Crippen LogP contribution in [0.3, 0.4) is 0 Å². The van der Waals surface area contributed by atoms with Gasteiger partial charge in [0, 0.05) is 44.6 Å². The minimum absolute atomic E-state index is 0.190. The summed E-state index contributed by atoms with van der Waals surface area (Å²) in [5.74, 6) is -0.626. The molecule has 4 amide bonds. The van der Waals surface area contributed by atoms with Crippen molar-refractivity contribution >= 4 is 40.6 Å². The van der Waals surface area contributed by atoms with E-state index in [0.29, 0.717) is 30.2 Å². The molecule has 4 N–H and O–H groups in total. The second-order valence-electron chi connectivity index (χ2n) is 8.62. The topological polar surface area (TPSA) is 115 Å². The molecular formula is C28H34N6O3. The highest BCUT2D eigenvalue weighted by Crippen LogP contribution is 2.21. The molecule has 0 aliphatic carbocycles. The van der Waals surface area contributed by atoms with Crippen molar-refractivity contribution in [3.63, 3.8) is 0 Å². The van der Waals surface area contributed by atoms with E-state index in [1.807, 2.05) is 31.3 Å². The lowest BCUT2D eigenvalue weighted by Gasteiger charge is -2.23. The van der Waals surface area contributed by atoms with Crippen molar-refractivity contribution in [1.82, 2.24) is 9.88 Å². The number of unbranched alkanes of at least 4 members (excludes halogenated alkanes) is 2. The Morgan fingerprint density at radius 1 is 0.838 bits per heavy atom. The Balaban J connectivity index is 1.67. The third-order valence-corrected chi connectivity index (χ3v) is 5.66. The molecule has 3 aromatic rings. The number of hydrogen-bond donors (Lipinski definition) is 4. The van der Waals surface area contributed by atoms with E-state index in [1.54, 1.807) is 47.5 Å². The first-order valence-electron chi connectivity index (χ1n) is 12.4. The van der Waals surface area contributed by atoms with Gasteiger partial charge in [0.25, 0.3) is 5.91 Å². The molecule has 0 aliphatic rings. The molecule has 9 nitrogen and oxygen atoms in total. The van der Waals surface area contributed by atoms with Gasteiger partial charge in [0.2, 0.25) is 5.91 Å². The highest BCUT2D eigenvalue weighted by atomic mass is 16.2. The number of carbonyl (C=O) groups is 3. The van der Waals surface area contributed by atoms with E-state index in [2.05, 4.69) is 33.2 Å². The number of pyridine rings is 1. The number of rotatable bonds is 11. The maximum absolute atomic E-state index is 13.0. The zero-order chi connectivity index (χ0) is 26.6. The van der Waals surface area contributed by atoms with Gasteiger partial charge in [-0.1, -0.05) is 38.0 Å². The summed E-state index contributed by atoms with van der Waals surface area (Å²) in [6.45, 7) is 4.50. The largest absolute Gasteiger partial charge is 0.388 e. The van der Waals surface area contributed by atoms with Crippen LogP contribution in [0.25, 0.3) is 0 Å². The third-order valence-electron chi connectivity index (χ3n) is 5.66. The van der Waals surface area contributed by atoms with Crippen molar-refractivity contribution in [2.45, 2.75) is 39.7 Å². The Morgan fingerprint density at radius 3 is 2.11 bits per heavy atom. The van der Waals surface area contributed by atoms with Crippen LogP contribution < -0.4 is 21.3 Å². The highest BCUT2D eigenvalue weighted by molar-refractivity contribution is 6.06. The first-order chi connectivity index (χ1) is 17.9. The third kappa shape index (κ3) is 8.34. The van der Waals surface area contributed by atoms with Crippen molar-refractivity contribution in [2.75, 3.05) is 34.9 Å².